The van der Waals surface area contributed by atoms with Gasteiger partial charge < -0.3 is 40.3 Å². The van der Waals surface area contributed by atoms with Gasteiger partial charge in [0.15, 0.2) is 6.29 Å². The maximum atomic E-state index is 12.7. The molecule has 1 rings (SSSR count). The molecule has 9 nitrogen and oxygen atoms in total. The SMILES string of the molecule is C/C=C/CC/C=C/CC/C=C/C(O)C(COC1OC(CO)C(O)C(O)C1O)NC(=O)CCCCCCCCCC. The van der Waals surface area contributed by atoms with E-state index in [1.54, 1.807) is 6.08 Å². The molecular weight excluding hydrogens is 514 g/mol. The summed E-state index contributed by atoms with van der Waals surface area (Å²) in [4.78, 5) is 12.7. The Hall–Kier alpha value is -1.59. The molecule has 1 saturated heterocycles. The number of unbranched alkanes of at least 4 members (excludes halogenated alkanes) is 9. The van der Waals surface area contributed by atoms with Crippen LogP contribution in [0.3, 0.4) is 0 Å². The standard InChI is InChI=1S/C31H55NO8/c1-3-5-7-9-11-13-14-16-18-20-25(34)24(32-27(35)21-19-17-15-12-10-8-6-4-2)23-39-31-30(38)29(37)28(36)26(22-33)40-31/h3,5,11,13,18,20,24-26,28-31,33-34,36-38H,4,6-10,12,14-17,19,21-23H2,1-2H3,(H,32,35)/b5-3+,13-11+,20-18+. The van der Waals surface area contributed by atoms with Gasteiger partial charge in [-0.25, -0.2) is 0 Å². The minimum Gasteiger partial charge on any atom is -0.394 e. The van der Waals surface area contributed by atoms with E-state index in [0.29, 0.717) is 6.42 Å². The first-order valence-corrected chi connectivity index (χ1v) is 15.2. The summed E-state index contributed by atoms with van der Waals surface area (Å²) in [7, 11) is 0. The van der Waals surface area contributed by atoms with E-state index in [1.165, 1.54) is 32.1 Å². The van der Waals surface area contributed by atoms with Gasteiger partial charge in [0.05, 0.1) is 25.4 Å². The van der Waals surface area contributed by atoms with Gasteiger partial charge in [0.2, 0.25) is 5.91 Å². The Morgan fingerprint density at radius 2 is 1.48 bits per heavy atom. The topological polar surface area (TPSA) is 149 Å². The third kappa shape index (κ3) is 15.4. The van der Waals surface area contributed by atoms with Gasteiger partial charge >= 0.3 is 0 Å². The maximum absolute atomic E-state index is 12.7. The van der Waals surface area contributed by atoms with Crippen LogP contribution in [0.5, 0.6) is 0 Å². The molecule has 1 amide bonds. The Morgan fingerprint density at radius 3 is 2.10 bits per heavy atom. The molecule has 0 aromatic rings. The summed E-state index contributed by atoms with van der Waals surface area (Å²) in [5, 5.41) is 53.3. The summed E-state index contributed by atoms with van der Waals surface area (Å²) in [6, 6.07) is -0.818. The molecule has 40 heavy (non-hydrogen) atoms. The van der Waals surface area contributed by atoms with Crippen LogP contribution >= 0.6 is 0 Å². The van der Waals surface area contributed by atoms with Gasteiger partial charge in [-0.1, -0.05) is 88.3 Å². The molecule has 1 aliphatic rings. The van der Waals surface area contributed by atoms with Crippen LogP contribution in [0.15, 0.2) is 36.5 Å². The van der Waals surface area contributed by atoms with E-state index >= 15 is 0 Å². The molecule has 7 unspecified atom stereocenters. The highest BCUT2D eigenvalue weighted by Crippen LogP contribution is 2.22. The molecule has 1 aliphatic heterocycles. The van der Waals surface area contributed by atoms with E-state index in [0.717, 1.165) is 44.9 Å². The Balaban J connectivity index is 2.63. The third-order valence-electron chi connectivity index (χ3n) is 7.04. The maximum Gasteiger partial charge on any atom is 0.220 e. The van der Waals surface area contributed by atoms with Crippen LogP contribution in [0.4, 0.5) is 0 Å². The average molecular weight is 570 g/mol. The minimum absolute atomic E-state index is 0.204. The monoisotopic (exact) mass is 569 g/mol. The summed E-state index contributed by atoms with van der Waals surface area (Å²) in [6.45, 7) is 3.42. The Labute approximate surface area is 241 Å². The molecule has 232 valence electrons. The highest BCUT2D eigenvalue weighted by molar-refractivity contribution is 5.76. The van der Waals surface area contributed by atoms with Crippen molar-refractivity contribution in [3.8, 4) is 0 Å². The fraction of sp³-hybridized carbons (Fsp3) is 0.774. The number of carbonyl (C=O) groups excluding carboxylic acids is 1. The largest absolute Gasteiger partial charge is 0.394 e. The molecule has 0 aliphatic carbocycles. The first-order valence-electron chi connectivity index (χ1n) is 15.2. The van der Waals surface area contributed by atoms with Gasteiger partial charge in [-0.15, -0.1) is 0 Å². The Kier molecular flexibility index (Phi) is 21.0. The number of hydrogen-bond acceptors (Lipinski definition) is 8. The van der Waals surface area contributed by atoms with Crippen LogP contribution in [0.1, 0.15) is 97.3 Å². The van der Waals surface area contributed by atoms with Crippen molar-refractivity contribution in [2.24, 2.45) is 0 Å². The van der Waals surface area contributed by atoms with Crippen LogP contribution in [0, 0.1) is 0 Å². The zero-order valence-corrected chi connectivity index (χ0v) is 24.6. The molecular formula is C31H55NO8. The van der Waals surface area contributed by atoms with Gasteiger partial charge in [-0.05, 0) is 39.0 Å². The molecule has 0 bridgehead atoms. The highest BCUT2D eigenvalue weighted by atomic mass is 16.7. The zero-order chi connectivity index (χ0) is 29.6. The fourth-order valence-corrected chi connectivity index (χ4v) is 4.48. The van der Waals surface area contributed by atoms with Crippen LogP contribution in [-0.2, 0) is 14.3 Å². The van der Waals surface area contributed by atoms with Crippen molar-refractivity contribution in [2.45, 2.75) is 140 Å². The molecule has 0 saturated carbocycles. The molecule has 1 fully saturated rings. The van der Waals surface area contributed by atoms with Crippen molar-refractivity contribution in [3.05, 3.63) is 36.5 Å². The number of aliphatic hydroxyl groups is 5. The van der Waals surface area contributed by atoms with Gasteiger partial charge in [0.25, 0.3) is 0 Å². The Bertz CT molecular complexity index is 726. The minimum atomic E-state index is -1.57. The van der Waals surface area contributed by atoms with E-state index in [9.17, 15) is 30.3 Å². The molecule has 0 aromatic carbocycles. The summed E-state index contributed by atoms with van der Waals surface area (Å²) in [5.74, 6) is -0.204. The zero-order valence-electron chi connectivity index (χ0n) is 24.6. The number of amides is 1. The lowest BCUT2D eigenvalue weighted by Crippen LogP contribution is -2.60. The van der Waals surface area contributed by atoms with E-state index in [4.69, 9.17) is 9.47 Å². The van der Waals surface area contributed by atoms with Gasteiger partial charge in [-0.2, -0.15) is 0 Å². The van der Waals surface area contributed by atoms with E-state index in [-0.39, 0.29) is 12.5 Å². The van der Waals surface area contributed by atoms with Crippen LogP contribution in [-0.4, -0.2) is 87.5 Å². The van der Waals surface area contributed by atoms with Gasteiger partial charge in [0.1, 0.15) is 24.4 Å². The van der Waals surface area contributed by atoms with Crippen molar-refractivity contribution in [1.29, 1.82) is 0 Å². The van der Waals surface area contributed by atoms with Crippen LogP contribution < -0.4 is 5.32 Å². The van der Waals surface area contributed by atoms with Crippen LogP contribution in [0.25, 0.3) is 0 Å². The molecule has 0 aromatic heterocycles. The average Bonchev–Trinajstić information content (AvgIpc) is 2.95. The molecule has 0 radical (unpaired) electrons. The number of rotatable bonds is 22. The molecule has 9 heteroatoms. The predicted molar refractivity (Wildman–Crippen MR) is 156 cm³/mol. The number of hydrogen-bond donors (Lipinski definition) is 6. The lowest BCUT2D eigenvalue weighted by atomic mass is 9.99. The highest BCUT2D eigenvalue weighted by Gasteiger charge is 2.44. The number of aliphatic hydroxyl groups excluding tert-OH is 5. The first-order chi connectivity index (χ1) is 19.3. The van der Waals surface area contributed by atoms with Crippen molar-refractivity contribution in [1.82, 2.24) is 5.32 Å². The summed E-state index contributed by atoms with van der Waals surface area (Å²) in [5.41, 5.74) is 0. The normalized spacial score (nSPS) is 25.2. The van der Waals surface area contributed by atoms with Crippen molar-refractivity contribution < 1.29 is 39.8 Å². The smallest absolute Gasteiger partial charge is 0.220 e. The van der Waals surface area contributed by atoms with Crippen molar-refractivity contribution in [3.63, 3.8) is 0 Å². The van der Waals surface area contributed by atoms with Crippen LogP contribution in [0.2, 0.25) is 0 Å². The van der Waals surface area contributed by atoms with E-state index < -0.39 is 49.5 Å². The fourth-order valence-electron chi connectivity index (χ4n) is 4.48. The third-order valence-corrected chi connectivity index (χ3v) is 7.04. The molecule has 6 N–H and O–H groups in total. The molecule has 0 spiro atoms. The van der Waals surface area contributed by atoms with Crippen molar-refractivity contribution in [2.75, 3.05) is 13.2 Å². The number of nitrogens with one attached hydrogen (secondary N) is 1. The summed E-state index contributed by atoms with van der Waals surface area (Å²) < 4.78 is 11.0. The van der Waals surface area contributed by atoms with Gasteiger partial charge in [0, 0.05) is 6.42 Å². The first kappa shape index (κ1) is 36.4. The van der Waals surface area contributed by atoms with E-state index in [1.807, 2.05) is 19.1 Å². The second-order valence-electron chi connectivity index (χ2n) is 10.5. The summed E-state index contributed by atoms with van der Waals surface area (Å²) in [6.07, 6.45) is 16.6. The Morgan fingerprint density at radius 1 is 0.875 bits per heavy atom. The summed E-state index contributed by atoms with van der Waals surface area (Å²) >= 11 is 0. The second-order valence-corrected chi connectivity index (χ2v) is 10.5. The van der Waals surface area contributed by atoms with Gasteiger partial charge in [-0.3, -0.25) is 4.79 Å². The molecule has 7 atom stereocenters. The van der Waals surface area contributed by atoms with E-state index in [2.05, 4.69) is 30.5 Å². The molecule has 1 heterocycles. The number of ether oxygens (including phenoxy) is 2. The lowest BCUT2D eigenvalue weighted by molar-refractivity contribution is -0.302. The quantitative estimate of drug-likeness (QED) is 0.0858. The number of allylic oxidation sites excluding steroid dienone is 5. The second kappa shape index (κ2) is 23.0. The van der Waals surface area contributed by atoms with Crippen molar-refractivity contribution >= 4 is 5.91 Å². The lowest BCUT2D eigenvalue weighted by Gasteiger charge is -2.40. The number of carbonyl (C=O) groups is 1. The predicted octanol–water partition coefficient (Wildman–Crippen LogP) is 3.43.